The van der Waals surface area contributed by atoms with Crippen molar-refractivity contribution in [2.45, 2.75) is 44.9 Å². The lowest BCUT2D eigenvalue weighted by molar-refractivity contribution is 0.0272. The van der Waals surface area contributed by atoms with Crippen molar-refractivity contribution in [3.8, 4) is 0 Å². The van der Waals surface area contributed by atoms with Gasteiger partial charge < -0.3 is 25.0 Å². The van der Waals surface area contributed by atoms with Crippen molar-refractivity contribution in [2.24, 2.45) is 0 Å². The number of amides is 1. The van der Waals surface area contributed by atoms with E-state index in [1.165, 1.54) is 17.0 Å². The van der Waals surface area contributed by atoms with E-state index in [1.807, 2.05) is 25.1 Å². The molecular weight excluding hydrogens is 460 g/mol. The Morgan fingerprint density at radius 1 is 1.11 bits per heavy atom. The molecule has 1 aromatic heterocycles. The molecule has 1 saturated heterocycles. The van der Waals surface area contributed by atoms with Gasteiger partial charge in [0.25, 0.3) is 5.91 Å². The van der Waals surface area contributed by atoms with Crippen LogP contribution in [0.5, 0.6) is 0 Å². The number of morpholine rings is 1. The largest absolute Gasteiger partial charge is 0.378 e. The standard InChI is InChI=1S/C27H32N4O3S/c1-19-25(26(32)30-23-8-5-9-24(23)34-18-20-6-3-2-4-7-20)35-27(28-19)29-21-10-12-22(13-11-21)31-14-16-33-17-15-31/h2-4,6-7,10-13,23-24H,5,8-9,14-18H2,1H3,(H,28,29)(H,30,32)/t23-,24-/m0/s1. The number of nitrogens with one attached hydrogen (secondary N) is 2. The normalized spacial score (nSPS) is 20.1. The first kappa shape index (κ1) is 23.8. The lowest BCUT2D eigenvalue weighted by atomic mass is 10.2. The Morgan fingerprint density at radius 3 is 2.66 bits per heavy atom. The highest BCUT2D eigenvalue weighted by molar-refractivity contribution is 7.17. The van der Waals surface area contributed by atoms with Gasteiger partial charge in [0.1, 0.15) is 4.88 Å². The maximum Gasteiger partial charge on any atom is 0.263 e. The van der Waals surface area contributed by atoms with Gasteiger partial charge in [0, 0.05) is 24.5 Å². The lowest BCUT2D eigenvalue weighted by Gasteiger charge is -2.28. The Labute approximate surface area is 210 Å². The summed E-state index contributed by atoms with van der Waals surface area (Å²) < 4.78 is 11.6. The van der Waals surface area contributed by atoms with Gasteiger partial charge in [-0.1, -0.05) is 41.7 Å². The smallest absolute Gasteiger partial charge is 0.263 e. The number of carbonyl (C=O) groups is 1. The lowest BCUT2D eigenvalue weighted by Crippen LogP contribution is -2.41. The van der Waals surface area contributed by atoms with E-state index in [1.54, 1.807) is 0 Å². The molecule has 7 nitrogen and oxygen atoms in total. The number of thiazole rings is 1. The van der Waals surface area contributed by atoms with Crippen molar-refractivity contribution in [3.63, 3.8) is 0 Å². The predicted octanol–water partition coefficient (Wildman–Crippen LogP) is 4.90. The number of aromatic nitrogens is 1. The maximum absolute atomic E-state index is 13.1. The summed E-state index contributed by atoms with van der Waals surface area (Å²) in [7, 11) is 0. The zero-order chi connectivity index (χ0) is 24.0. The fourth-order valence-corrected chi connectivity index (χ4v) is 5.55. The van der Waals surface area contributed by atoms with Crippen LogP contribution in [0, 0.1) is 6.92 Å². The predicted molar refractivity (Wildman–Crippen MR) is 140 cm³/mol. The van der Waals surface area contributed by atoms with Crippen LogP contribution in [-0.2, 0) is 16.1 Å². The summed E-state index contributed by atoms with van der Waals surface area (Å²) in [5, 5.41) is 7.27. The Morgan fingerprint density at radius 2 is 1.89 bits per heavy atom. The number of hydrogen-bond donors (Lipinski definition) is 2. The zero-order valence-corrected chi connectivity index (χ0v) is 20.9. The van der Waals surface area contributed by atoms with Crippen LogP contribution in [0.25, 0.3) is 0 Å². The summed E-state index contributed by atoms with van der Waals surface area (Å²) >= 11 is 1.39. The molecule has 2 aliphatic rings. The highest BCUT2D eigenvalue weighted by Crippen LogP contribution is 2.29. The van der Waals surface area contributed by atoms with Crippen molar-refractivity contribution in [1.82, 2.24) is 10.3 Å². The van der Waals surface area contributed by atoms with Gasteiger partial charge in [-0.15, -0.1) is 0 Å². The average Bonchev–Trinajstić information content (AvgIpc) is 3.50. The monoisotopic (exact) mass is 492 g/mol. The molecule has 35 heavy (non-hydrogen) atoms. The van der Waals surface area contributed by atoms with Crippen LogP contribution in [0.15, 0.2) is 54.6 Å². The van der Waals surface area contributed by atoms with Crippen LogP contribution >= 0.6 is 11.3 Å². The number of nitrogens with zero attached hydrogens (tertiary/aromatic N) is 2. The molecule has 184 valence electrons. The minimum absolute atomic E-state index is 0.0249. The fraction of sp³-hybridized carbons (Fsp3) is 0.407. The molecule has 1 saturated carbocycles. The van der Waals surface area contributed by atoms with Crippen LogP contribution in [0.2, 0.25) is 0 Å². The minimum Gasteiger partial charge on any atom is -0.378 e. The number of anilines is 3. The van der Waals surface area contributed by atoms with Gasteiger partial charge in [0.2, 0.25) is 0 Å². The van der Waals surface area contributed by atoms with Crippen molar-refractivity contribution < 1.29 is 14.3 Å². The molecular formula is C27H32N4O3S. The van der Waals surface area contributed by atoms with Crippen molar-refractivity contribution in [3.05, 3.63) is 70.7 Å². The zero-order valence-electron chi connectivity index (χ0n) is 20.0. The van der Waals surface area contributed by atoms with Gasteiger partial charge in [-0.25, -0.2) is 4.98 Å². The van der Waals surface area contributed by atoms with E-state index in [-0.39, 0.29) is 18.1 Å². The third-order valence-corrected chi connectivity index (χ3v) is 7.65. The molecule has 2 N–H and O–H groups in total. The molecule has 1 aliphatic carbocycles. The average molecular weight is 493 g/mol. The molecule has 2 aromatic carbocycles. The van der Waals surface area contributed by atoms with Crippen LogP contribution in [0.3, 0.4) is 0 Å². The first-order chi connectivity index (χ1) is 17.2. The summed E-state index contributed by atoms with van der Waals surface area (Å²) in [5.74, 6) is -0.0732. The Balaban J connectivity index is 1.17. The third-order valence-electron chi connectivity index (χ3n) is 6.57. The summed E-state index contributed by atoms with van der Waals surface area (Å²) in [4.78, 5) is 20.7. The minimum atomic E-state index is -0.0732. The summed E-state index contributed by atoms with van der Waals surface area (Å²) in [5.41, 5.74) is 4.03. The second-order valence-corrected chi connectivity index (χ2v) is 10.0. The number of aryl methyl sites for hydroxylation is 1. The molecule has 1 amide bonds. The molecule has 0 spiro atoms. The van der Waals surface area contributed by atoms with Crippen LogP contribution < -0.4 is 15.5 Å². The Bertz CT molecular complexity index is 1110. The van der Waals surface area contributed by atoms with Crippen molar-refractivity contribution >= 4 is 33.8 Å². The molecule has 0 unspecified atom stereocenters. The molecule has 2 atom stereocenters. The molecule has 2 fully saturated rings. The van der Waals surface area contributed by atoms with Crippen LogP contribution in [0.1, 0.15) is 40.2 Å². The molecule has 0 bridgehead atoms. The summed E-state index contributed by atoms with van der Waals surface area (Å²) in [6.07, 6.45) is 2.99. The Kier molecular flexibility index (Phi) is 7.61. The first-order valence-corrected chi connectivity index (χ1v) is 13.1. The van der Waals surface area contributed by atoms with E-state index in [2.05, 4.69) is 56.9 Å². The molecule has 8 heteroatoms. The molecule has 5 rings (SSSR count). The number of benzene rings is 2. The highest BCUT2D eigenvalue weighted by atomic mass is 32.1. The van der Waals surface area contributed by atoms with Gasteiger partial charge in [-0.05, 0) is 56.0 Å². The molecule has 0 radical (unpaired) electrons. The van der Waals surface area contributed by atoms with Gasteiger partial charge in [-0.3, -0.25) is 4.79 Å². The van der Waals surface area contributed by atoms with Crippen molar-refractivity contribution in [2.75, 3.05) is 36.5 Å². The SMILES string of the molecule is Cc1nc(Nc2ccc(N3CCOCC3)cc2)sc1C(=O)N[C@H]1CCC[C@@H]1OCc1ccccc1. The van der Waals surface area contributed by atoms with Crippen LogP contribution in [-0.4, -0.2) is 49.3 Å². The van der Waals surface area contributed by atoms with E-state index in [0.29, 0.717) is 11.5 Å². The number of carbonyl (C=O) groups excluding carboxylic acids is 1. The third kappa shape index (κ3) is 6.01. The van der Waals surface area contributed by atoms with Crippen LogP contribution in [0.4, 0.5) is 16.5 Å². The quantitative estimate of drug-likeness (QED) is 0.466. The molecule has 2 heterocycles. The van der Waals surface area contributed by atoms with E-state index in [0.717, 1.165) is 67.6 Å². The van der Waals surface area contributed by atoms with Gasteiger partial charge >= 0.3 is 0 Å². The summed E-state index contributed by atoms with van der Waals surface area (Å²) in [6.45, 7) is 5.81. The van der Waals surface area contributed by atoms with E-state index in [4.69, 9.17) is 9.47 Å². The van der Waals surface area contributed by atoms with E-state index < -0.39 is 0 Å². The second-order valence-electron chi connectivity index (χ2n) is 9.05. The maximum atomic E-state index is 13.1. The molecule has 3 aromatic rings. The fourth-order valence-electron chi connectivity index (χ4n) is 4.66. The number of rotatable bonds is 8. The van der Waals surface area contributed by atoms with Gasteiger partial charge in [0.15, 0.2) is 5.13 Å². The number of hydrogen-bond acceptors (Lipinski definition) is 7. The Hall–Kier alpha value is -2.94. The topological polar surface area (TPSA) is 75.7 Å². The number of ether oxygens (including phenoxy) is 2. The van der Waals surface area contributed by atoms with Gasteiger partial charge in [0.05, 0.1) is 37.7 Å². The van der Waals surface area contributed by atoms with E-state index in [9.17, 15) is 4.79 Å². The molecule has 1 aliphatic heterocycles. The second kappa shape index (κ2) is 11.2. The first-order valence-electron chi connectivity index (χ1n) is 12.3. The highest BCUT2D eigenvalue weighted by Gasteiger charge is 2.30. The van der Waals surface area contributed by atoms with Crippen molar-refractivity contribution in [1.29, 1.82) is 0 Å². The summed E-state index contributed by atoms with van der Waals surface area (Å²) in [6, 6.07) is 18.5. The van der Waals surface area contributed by atoms with Gasteiger partial charge in [-0.2, -0.15) is 0 Å². The van der Waals surface area contributed by atoms with E-state index >= 15 is 0 Å².